The highest BCUT2D eigenvalue weighted by molar-refractivity contribution is 7.10. The summed E-state index contributed by atoms with van der Waals surface area (Å²) in [6.07, 6.45) is 2.87. The Morgan fingerprint density at radius 2 is 2.35 bits per heavy atom. The molecule has 20 heavy (non-hydrogen) atoms. The third kappa shape index (κ3) is 1.74. The van der Waals surface area contributed by atoms with Crippen molar-refractivity contribution in [2.24, 2.45) is 0 Å². The van der Waals surface area contributed by atoms with E-state index in [0.717, 1.165) is 36.4 Å². The minimum Gasteiger partial charge on any atom is -0.357 e. The maximum absolute atomic E-state index is 4.62. The molecule has 102 valence electrons. The molecule has 0 radical (unpaired) electrons. The Balaban J connectivity index is 1.80. The lowest BCUT2D eigenvalue weighted by molar-refractivity contribution is 0.735. The van der Waals surface area contributed by atoms with Crippen molar-refractivity contribution in [2.75, 3.05) is 23.8 Å². The van der Waals surface area contributed by atoms with Crippen LogP contribution in [0.3, 0.4) is 0 Å². The Labute approximate surface area is 119 Å². The molecule has 0 spiro atoms. The molecule has 0 unspecified atom stereocenters. The smallest absolute Gasteiger partial charge is 0.226 e. The van der Waals surface area contributed by atoms with Crippen LogP contribution in [0, 0.1) is 0 Å². The summed E-state index contributed by atoms with van der Waals surface area (Å²) in [5.41, 5.74) is 2.18. The van der Waals surface area contributed by atoms with Crippen molar-refractivity contribution >= 4 is 34.1 Å². The second kappa shape index (κ2) is 4.45. The van der Waals surface area contributed by atoms with Crippen LogP contribution in [0.15, 0.2) is 17.6 Å². The molecule has 0 aliphatic carbocycles. The van der Waals surface area contributed by atoms with E-state index in [9.17, 15) is 0 Å². The molecular formula is C13H14N6S. The molecule has 3 aromatic rings. The van der Waals surface area contributed by atoms with Crippen LogP contribution in [0.2, 0.25) is 0 Å². The largest absolute Gasteiger partial charge is 0.357 e. The Kier molecular flexibility index (Phi) is 2.59. The van der Waals surface area contributed by atoms with Gasteiger partial charge in [0.1, 0.15) is 5.82 Å². The maximum Gasteiger partial charge on any atom is 0.226 e. The number of aromatic nitrogens is 4. The minimum atomic E-state index is 0.618. The SMILES string of the molecule is CNc1nc(N2CCc3sccc3C2)c2cn[nH]c2n1. The Morgan fingerprint density at radius 3 is 3.25 bits per heavy atom. The predicted molar refractivity (Wildman–Crippen MR) is 80.3 cm³/mol. The number of thiophene rings is 1. The normalized spacial score (nSPS) is 14.6. The average Bonchev–Trinajstić information content (AvgIpc) is 3.13. The molecule has 4 heterocycles. The topological polar surface area (TPSA) is 69.7 Å². The van der Waals surface area contributed by atoms with Gasteiger partial charge in [-0.3, -0.25) is 5.10 Å². The first-order valence-electron chi connectivity index (χ1n) is 6.54. The number of anilines is 2. The predicted octanol–water partition coefficient (Wildman–Crippen LogP) is 2.02. The van der Waals surface area contributed by atoms with E-state index in [0.29, 0.717) is 5.95 Å². The zero-order valence-electron chi connectivity index (χ0n) is 11.1. The highest BCUT2D eigenvalue weighted by Crippen LogP contribution is 2.30. The van der Waals surface area contributed by atoms with Gasteiger partial charge in [0.2, 0.25) is 5.95 Å². The summed E-state index contributed by atoms with van der Waals surface area (Å²) < 4.78 is 0. The summed E-state index contributed by atoms with van der Waals surface area (Å²) >= 11 is 1.85. The molecule has 4 rings (SSSR count). The summed E-state index contributed by atoms with van der Waals surface area (Å²) in [5.74, 6) is 1.57. The molecular weight excluding hydrogens is 272 g/mol. The second-order valence-corrected chi connectivity index (χ2v) is 5.79. The quantitative estimate of drug-likeness (QED) is 0.754. The van der Waals surface area contributed by atoms with Crippen molar-refractivity contribution in [3.8, 4) is 0 Å². The second-order valence-electron chi connectivity index (χ2n) is 4.79. The van der Waals surface area contributed by atoms with Crippen LogP contribution in [0.1, 0.15) is 10.4 Å². The minimum absolute atomic E-state index is 0.618. The number of H-pyrrole nitrogens is 1. The molecule has 0 fully saturated rings. The van der Waals surface area contributed by atoms with Crippen LogP contribution in [0.4, 0.5) is 11.8 Å². The molecule has 0 amide bonds. The zero-order valence-corrected chi connectivity index (χ0v) is 11.9. The molecule has 0 bridgehead atoms. The van der Waals surface area contributed by atoms with E-state index < -0.39 is 0 Å². The van der Waals surface area contributed by atoms with Gasteiger partial charge in [-0.1, -0.05) is 0 Å². The van der Waals surface area contributed by atoms with E-state index in [4.69, 9.17) is 0 Å². The van der Waals surface area contributed by atoms with Gasteiger partial charge in [0.25, 0.3) is 0 Å². The highest BCUT2D eigenvalue weighted by atomic mass is 32.1. The van der Waals surface area contributed by atoms with Gasteiger partial charge in [-0.25, -0.2) is 0 Å². The van der Waals surface area contributed by atoms with Crippen LogP contribution in [-0.4, -0.2) is 33.8 Å². The maximum atomic E-state index is 4.62. The van der Waals surface area contributed by atoms with Crippen molar-refractivity contribution in [3.05, 3.63) is 28.1 Å². The fourth-order valence-electron chi connectivity index (χ4n) is 2.60. The molecule has 0 saturated carbocycles. The average molecular weight is 286 g/mol. The lowest BCUT2D eigenvalue weighted by atomic mass is 10.1. The summed E-state index contributed by atoms with van der Waals surface area (Å²) in [5, 5.41) is 13.2. The fourth-order valence-corrected chi connectivity index (χ4v) is 3.49. The number of fused-ring (bicyclic) bond motifs is 2. The molecule has 0 aromatic carbocycles. The summed E-state index contributed by atoms with van der Waals surface area (Å²) in [4.78, 5) is 12.8. The van der Waals surface area contributed by atoms with Gasteiger partial charge in [-0.2, -0.15) is 15.1 Å². The molecule has 0 atom stereocenters. The van der Waals surface area contributed by atoms with Crippen LogP contribution in [0.25, 0.3) is 11.0 Å². The number of hydrogen-bond acceptors (Lipinski definition) is 6. The van der Waals surface area contributed by atoms with E-state index in [1.807, 2.05) is 18.4 Å². The van der Waals surface area contributed by atoms with Gasteiger partial charge < -0.3 is 10.2 Å². The van der Waals surface area contributed by atoms with Crippen LogP contribution >= 0.6 is 11.3 Å². The molecule has 6 nitrogen and oxygen atoms in total. The first-order valence-corrected chi connectivity index (χ1v) is 7.42. The number of nitrogens with zero attached hydrogens (tertiary/aromatic N) is 4. The van der Waals surface area contributed by atoms with Gasteiger partial charge in [-0.05, 0) is 23.4 Å². The highest BCUT2D eigenvalue weighted by Gasteiger charge is 2.21. The van der Waals surface area contributed by atoms with Crippen molar-refractivity contribution < 1.29 is 0 Å². The standard InChI is InChI=1S/C13H14N6S/c1-14-13-16-11-9(6-15-18-11)12(17-13)19-4-2-10-8(7-19)3-5-20-10/h3,5-6H,2,4,7H2,1H3,(H2,14,15,16,17,18). The molecule has 2 N–H and O–H groups in total. The lowest BCUT2D eigenvalue weighted by Crippen LogP contribution is -2.30. The monoisotopic (exact) mass is 286 g/mol. The number of aromatic amines is 1. The molecule has 7 heteroatoms. The molecule has 1 aliphatic rings. The number of rotatable bonds is 2. The molecule has 0 saturated heterocycles. The van der Waals surface area contributed by atoms with E-state index in [2.05, 4.69) is 41.8 Å². The van der Waals surface area contributed by atoms with Crippen molar-refractivity contribution in [1.82, 2.24) is 20.2 Å². The molecule has 3 aromatic heterocycles. The summed E-state index contributed by atoms with van der Waals surface area (Å²) in [7, 11) is 1.83. The van der Waals surface area contributed by atoms with Gasteiger partial charge in [0.05, 0.1) is 11.6 Å². The van der Waals surface area contributed by atoms with Gasteiger partial charge in [0, 0.05) is 25.0 Å². The first kappa shape index (κ1) is 11.7. The van der Waals surface area contributed by atoms with E-state index in [-0.39, 0.29) is 0 Å². The third-order valence-corrected chi connectivity index (χ3v) is 4.64. The summed E-state index contributed by atoms with van der Waals surface area (Å²) in [6.45, 7) is 1.88. The van der Waals surface area contributed by atoms with Gasteiger partial charge in [0.15, 0.2) is 5.65 Å². The van der Waals surface area contributed by atoms with Gasteiger partial charge in [-0.15, -0.1) is 11.3 Å². The van der Waals surface area contributed by atoms with Crippen LogP contribution in [-0.2, 0) is 13.0 Å². The lowest BCUT2D eigenvalue weighted by Gasteiger charge is -2.28. The van der Waals surface area contributed by atoms with E-state index >= 15 is 0 Å². The summed E-state index contributed by atoms with van der Waals surface area (Å²) in [6, 6.07) is 2.21. The van der Waals surface area contributed by atoms with E-state index in [1.165, 1.54) is 10.4 Å². The van der Waals surface area contributed by atoms with Crippen LogP contribution < -0.4 is 10.2 Å². The fraction of sp³-hybridized carbons (Fsp3) is 0.308. The van der Waals surface area contributed by atoms with Gasteiger partial charge >= 0.3 is 0 Å². The Hall–Kier alpha value is -2.15. The van der Waals surface area contributed by atoms with Crippen molar-refractivity contribution in [2.45, 2.75) is 13.0 Å². The first-order chi connectivity index (χ1) is 9.85. The Morgan fingerprint density at radius 1 is 1.40 bits per heavy atom. The Bertz CT molecular complexity index is 761. The van der Waals surface area contributed by atoms with Crippen LogP contribution in [0.5, 0.6) is 0 Å². The number of hydrogen-bond donors (Lipinski definition) is 2. The number of nitrogens with one attached hydrogen (secondary N) is 2. The van der Waals surface area contributed by atoms with Crippen molar-refractivity contribution in [1.29, 1.82) is 0 Å². The van der Waals surface area contributed by atoms with Crippen molar-refractivity contribution in [3.63, 3.8) is 0 Å². The molecule has 1 aliphatic heterocycles. The third-order valence-electron chi connectivity index (χ3n) is 3.62. The zero-order chi connectivity index (χ0) is 13.5. The van der Waals surface area contributed by atoms with E-state index in [1.54, 1.807) is 6.20 Å².